The number of benzene rings is 2. The van der Waals surface area contributed by atoms with Crippen molar-refractivity contribution in [2.45, 2.75) is 26.3 Å². The van der Waals surface area contributed by atoms with Crippen LogP contribution in [0.2, 0.25) is 5.02 Å². The maximum Gasteiger partial charge on any atom is 0.249 e. The standard InChI is InChI=1S/C23H20ClN3O/c1-13-21-17(8-9-26-13)20-11-15(24)10-19(22(20)27(21)12-14-6-7-14)16-4-2-3-5-18(16)23(25)28/h2-5,8-11,14H,6-7,12H2,1H3,(H2,25,28). The maximum atomic E-state index is 12.1. The minimum absolute atomic E-state index is 0.438. The van der Waals surface area contributed by atoms with E-state index < -0.39 is 5.91 Å². The second kappa shape index (κ2) is 6.35. The molecular formula is C23H20ClN3O. The first-order valence-electron chi connectivity index (χ1n) is 9.51. The Morgan fingerprint density at radius 1 is 1.14 bits per heavy atom. The molecule has 2 N–H and O–H groups in total. The van der Waals surface area contributed by atoms with E-state index in [2.05, 4.69) is 9.55 Å². The van der Waals surface area contributed by atoms with Gasteiger partial charge >= 0.3 is 0 Å². The van der Waals surface area contributed by atoms with Gasteiger partial charge in [-0.25, -0.2) is 0 Å². The normalized spacial score (nSPS) is 14.1. The highest BCUT2D eigenvalue weighted by molar-refractivity contribution is 6.33. The summed E-state index contributed by atoms with van der Waals surface area (Å²) in [6, 6.07) is 13.5. The number of carbonyl (C=O) groups excluding carboxylic acids is 1. The van der Waals surface area contributed by atoms with E-state index in [1.165, 1.54) is 12.8 Å². The Labute approximate surface area is 167 Å². The van der Waals surface area contributed by atoms with E-state index in [0.717, 1.165) is 45.2 Å². The molecule has 5 rings (SSSR count). The average molecular weight is 390 g/mol. The van der Waals surface area contributed by atoms with Gasteiger partial charge in [-0.15, -0.1) is 0 Å². The van der Waals surface area contributed by atoms with Gasteiger partial charge in [0.15, 0.2) is 0 Å². The van der Waals surface area contributed by atoms with Gasteiger partial charge in [-0.1, -0.05) is 29.8 Å². The molecule has 1 fully saturated rings. The smallest absolute Gasteiger partial charge is 0.249 e. The number of nitrogens with zero attached hydrogens (tertiary/aromatic N) is 2. The lowest BCUT2D eigenvalue weighted by atomic mass is 9.97. The van der Waals surface area contributed by atoms with Crippen LogP contribution in [0.25, 0.3) is 32.9 Å². The molecule has 140 valence electrons. The summed E-state index contributed by atoms with van der Waals surface area (Å²) in [6.07, 6.45) is 4.35. The molecule has 2 heterocycles. The highest BCUT2D eigenvalue weighted by Gasteiger charge is 2.26. The van der Waals surface area contributed by atoms with Gasteiger partial charge in [0.25, 0.3) is 0 Å². The van der Waals surface area contributed by atoms with Gasteiger partial charge in [-0.3, -0.25) is 9.78 Å². The van der Waals surface area contributed by atoms with Gasteiger partial charge in [0.1, 0.15) is 0 Å². The van der Waals surface area contributed by atoms with E-state index in [-0.39, 0.29) is 0 Å². The number of rotatable bonds is 4. The van der Waals surface area contributed by atoms with Crippen molar-refractivity contribution in [2.75, 3.05) is 0 Å². The van der Waals surface area contributed by atoms with Gasteiger partial charge in [0.2, 0.25) is 5.91 Å². The molecule has 0 atom stereocenters. The molecule has 1 aliphatic rings. The molecule has 1 aliphatic carbocycles. The SMILES string of the molecule is Cc1nccc2c3cc(Cl)cc(-c4ccccc4C(N)=O)c3n(CC3CC3)c12. The molecular weight excluding hydrogens is 370 g/mol. The summed E-state index contributed by atoms with van der Waals surface area (Å²) in [4.78, 5) is 16.6. The third-order valence-electron chi connectivity index (χ3n) is 5.63. The molecule has 2 aromatic carbocycles. The zero-order valence-electron chi connectivity index (χ0n) is 15.6. The number of hydrogen-bond donors (Lipinski definition) is 1. The summed E-state index contributed by atoms with van der Waals surface area (Å²) < 4.78 is 2.37. The molecule has 0 radical (unpaired) electrons. The minimum Gasteiger partial charge on any atom is -0.366 e. The molecule has 1 amide bonds. The Balaban J connectivity index is 1.94. The predicted octanol–water partition coefficient (Wildman–Crippen LogP) is 5.33. The first-order chi connectivity index (χ1) is 13.5. The van der Waals surface area contributed by atoms with Crippen LogP contribution in [0.3, 0.4) is 0 Å². The van der Waals surface area contributed by atoms with E-state index in [1.54, 1.807) is 6.07 Å². The van der Waals surface area contributed by atoms with Gasteiger partial charge < -0.3 is 10.3 Å². The largest absolute Gasteiger partial charge is 0.366 e. The lowest BCUT2D eigenvalue weighted by molar-refractivity contribution is 0.100. The summed E-state index contributed by atoms with van der Waals surface area (Å²) in [5, 5.41) is 2.87. The average Bonchev–Trinajstić information content (AvgIpc) is 3.44. The van der Waals surface area contributed by atoms with E-state index >= 15 is 0 Å². The molecule has 0 aliphatic heterocycles. The maximum absolute atomic E-state index is 12.1. The first-order valence-corrected chi connectivity index (χ1v) is 9.88. The fourth-order valence-corrected chi connectivity index (χ4v) is 4.42. The van der Waals surface area contributed by atoms with Gasteiger partial charge in [0, 0.05) is 39.7 Å². The highest BCUT2D eigenvalue weighted by atomic mass is 35.5. The third kappa shape index (κ3) is 2.68. The Bertz CT molecular complexity index is 1250. The molecule has 4 nitrogen and oxygen atoms in total. The number of halogens is 1. The van der Waals surface area contributed by atoms with Crippen LogP contribution in [0.5, 0.6) is 0 Å². The third-order valence-corrected chi connectivity index (χ3v) is 5.85. The fraction of sp³-hybridized carbons (Fsp3) is 0.217. The van der Waals surface area contributed by atoms with Crippen molar-refractivity contribution in [3.05, 3.63) is 64.9 Å². The zero-order chi connectivity index (χ0) is 19.4. The molecule has 1 saturated carbocycles. The second-order valence-electron chi connectivity index (χ2n) is 7.61. The molecule has 0 bridgehead atoms. The number of aromatic nitrogens is 2. The van der Waals surface area contributed by atoms with Crippen molar-refractivity contribution >= 4 is 39.3 Å². The van der Waals surface area contributed by atoms with Gasteiger partial charge in [-0.2, -0.15) is 0 Å². The van der Waals surface area contributed by atoms with Gasteiger partial charge in [0.05, 0.1) is 16.7 Å². The summed E-state index contributed by atoms with van der Waals surface area (Å²) in [5.74, 6) is 0.250. The van der Waals surface area contributed by atoms with E-state index in [0.29, 0.717) is 16.5 Å². The molecule has 5 heteroatoms. The lowest BCUT2D eigenvalue weighted by Crippen LogP contribution is -2.12. The zero-order valence-corrected chi connectivity index (χ0v) is 16.3. The fourth-order valence-electron chi connectivity index (χ4n) is 4.20. The van der Waals surface area contributed by atoms with Crippen molar-refractivity contribution in [1.82, 2.24) is 9.55 Å². The number of nitrogens with two attached hydrogens (primary N) is 1. The lowest BCUT2D eigenvalue weighted by Gasteiger charge is -2.14. The van der Waals surface area contributed by atoms with E-state index in [1.807, 2.05) is 49.5 Å². The second-order valence-corrected chi connectivity index (χ2v) is 8.04. The van der Waals surface area contributed by atoms with Crippen molar-refractivity contribution in [1.29, 1.82) is 0 Å². The molecule has 2 aromatic heterocycles. The minimum atomic E-state index is -0.438. The number of primary amides is 1. The number of aryl methyl sites for hydroxylation is 1. The molecule has 0 spiro atoms. The van der Waals surface area contributed by atoms with Crippen LogP contribution in [-0.2, 0) is 6.54 Å². The van der Waals surface area contributed by atoms with Gasteiger partial charge in [-0.05, 0) is 55.5 Å². The molecule has 0 unspecified atom stereocenters. The number of hydrogen-bond acceptors (Lipinski definition) is 2. The topological polar surface area (TPSA) is 60.9 Å². The van der Waals surface area contributed by atoms with Crippen molar-refractivity contribution in [3.8, 4) is 11.1 Å². The summed E-state index contributed by atoms with van der Waals surface area (Å²) in [7, 11) is 0. The Morgan fingerprint density at radius 3 is 2.68 bits per heavy atom. The molecule has 0 saturated heterocycles. The highest BCUT2D eigenvalue weighted by Crippen LogP contribution is 2.42. The monoisotopic (exact) mass is 389 g/mol. The summed E-state index contributed by atoms with van der Waals surface area (Å²) in [5.41, 5.74) is 11.2. The number of pyridine rings is 1. The first kappa shape index (κ1) is 17.3. The quantitative estimate of drug-likeness (QED) is 0.513. The Morgan fingerprint density at radius 2 is 1.93 bits per heavy atom. The van der Waals surface area contributed by atoms with Crippen LogP contribution in [0, 0.1) is 12.8 Å². The number of amides is 1. The van der Waals surface area contributed by atoms with E-state index in [9.17, 15) is 4.79 Å². The van der Waals surface area contributed by atoms with Crippen LogP contribution in [0.15, 0.2) is 48.7 Å². The van der Waals surface area contributed by atoms with E-state index in [4.69, 9.17) is 17.3 Å². The Hall–Kier alpha value is -2.85. The van der Waals surface area contributed by atoms with Crippen LogP contribution in [0.1, 0.15) is 28.9 Å². The molecule has 4 aromatic rings. The van der Waals surface area contributed by atoms with Crippen LogP contribution in [0.4, 0.5) is 0 Å². The predicted molar refractivity (Wildman–Crippen MR) is 114 cm³/mol. The number of carbonyl (C=O) groups is 1. The van der Waals surface area contributed by atoms with Crippen molar-refractivity contribution in [2.24, 2.45) is 11.7 Å². The Kier molecular flexibility index (Phi) is 3.91. The van der Waals surface area contributed by atoms with Crippen LogP contribution >= 0.6 is 11.6 Å². The number of fused-ring (bicyclic) bond motifs is 3. The van der Waals surface area contributed by atoms with Crippen LogP contribution in [-0.4, -0.2) is 15.5 Å². The summed E-state index contributed by atoms with van der Waals surface area (Å²) >= 11 is 6.53. The summed E-state index contributed by atoms with van der Waals surface area (Å²) in [6.45, 7) is 2.99. The molecule has 28 heavy (non-hydrogen) atoms. The van der Waals surface area contributed by atoms with Crippen molar-refractivity contribution < 1.29 is 4.79 Å². The van der Waals surface area contributed by atoms with Crippen molar-refractivity contribution in [3.63, 3.8) is 0 Å². The van der Waals surface area contributed by atoms with Crippen LogP contribution < -0.4 is 5.73 Å².